The molecule has 0 aliphatic heterocycles. The van der Waals surface area contributed by atoms with Gasteiger partial charge in [-0.2, -0.15) is 0 Å². The van der Waals surface area contributed by atoms with Gasteiger partial charge in [-0.15, -0.1) is 24.0 Å². The van der Waals surface area contributed by atoms with Crippen molar-refractivity contribution in [3.63, 3.8) is 0 Å². The molecule has 1 aromatic rings. The van der Waals surface area contributed by atoms with E-state index >= 15 is 0 Å². The number of hydrogen-bond donors (Lipinski definition) is 2. The lowest BCUT2D eigenvalue weighted by Gasteiger charge is -2.27. The number of carbonyl (C=O) groups excluding carboxylic acids is 1. The number of carbonyl (C=O) groups is 1. The van der Waals surface area contributed by atoms with Gasteiger partial charge in [0.1, 0.15) is 0 Å². The number of guanidine groups is 1. The third kappa shape index (κ3) is 10.8. The lowest BCUT2D eigenvalue weighted by atomic mass is 10.1. The zero-order valence-electron chi connectivity index (χ0n) is 18.5. The van der Waals surface area contributed by atoms with Crippen molar-refractivity contribution in [3.05, 3.63) is 35.9 Å². The van der Waals surface area contributed by atoms with E-state index in [4.69, 9.17) is 4.99 Å². The smallest absolute Gasteiger partial charge is 0.240 e. The van der Waals surface area contributed by atoms with E-state index in [9.17, 15) is 4.79 Å². The Kier molecular flexibility index (Phi) is 12.4. The summed E-state index contributed by atoms with van der Waals surface area (Å²) in [7, 11) is 4.00. The Bertz CT molecular complexity index is 601. The number of aliphatic imine (C=N–C) groups is 1. The summed E-state index contributed by atoms with van der Waals surface area (Å²) in [5, 5.41) is 6.26. The second-order valence-electron chi connectivity index (χ2n) is 8.10. The second-order valence-corrected chi connectivity index (χ2v) is 8.10. The predicted molar refractivity (Wildman–Crippen MR) is 129 cm³/mol. The Morgan fingerprint density at radius 2 is 1.79 bits per heavy atom. The molecule has 0 aromatic heterocycles. The van der Waals surface area contributed by atoms with Crippen LogP contribution in [0.4, 0.5) is 0 Å². The van der Waals surface area contributed by atoms with Crippen LogP contribution in [0.2, 0.25) is 0 Å². The van der Waals surface area contributed by atoms with Crippen molar-refractivity contribution in [2.75, 3.05) is 33.7 Å². The average molecular weight is 503 g/mol. The third-order valence-corrected chi connectivity index (χ3v) is 4.12. The van der Waals surface area contributed by atoms with Gasteiger partial charge in [-0.05, 0) is 47.2 Å². The largest absolute Gasteiger partial charge is 0.357 e. The first-order valence-corrected chi connectivity index (χ1v) is 9.67. The highest BCUT2D eigenvalue weighted by molar-refractivity contribution is 14.0. The quantitative estimate of drug-likeness (QED) is 0.326. The SMILES string of the molecule is CCNC(=NCC(C)N(C)Cc1ccccc1)N(C)CC(=O)NC(C)(C)C.I. The fourth-order valence-electron chi connectivity index (χ4n) is 2.60. The van der Waals surface area contributed by atoms with E-state index in [2.05, 4.69) is 53.8 Å². The molecule has 1 atom stereocenters. The van der Waals surface area contributed by atoms with Gasteiger partial charge in [0.25, 0.3) is 0 Å². The van der Waals surface area contributed by atoms with Crippen molar-refractivity contribution in [1.29, 1.82) is 0 Å². The van der Waals surface area contributed by atoms with Crippen LogP contribution in [0.25, 0.3) is 0 Å². The lowest BCUT2D eigenvalue weighted by molar-refractivity contribution is -0.122. The van der Waals surface area contributed by atoms with Crippen LogP contribution in [0.3, 0.4) is 0 Å². The van der Waals surface area contributed by atoms with E-state index in [1.165, 1.54) is 5.56 Å². The molecule has 0 saturated heterocycles. The van der Waals surface area contributed by atoms with Crippen molar-refractivity contribution >= 4 is 35.8 Å². The molecular formula is C21H38IN5O. The summed E-state index contributed by atoms with van der Waals surface area (Å²) in [4.78, 5) is 21.1. The third-order valence-electron chi connectivity index (χ3n) is 4.12. The molecule has 1 unspecified atom stereocenters. The molecule has 0 aliphatic carbocycles. The van der Waals surface area contributed by atoms with E-state index in [0.717, 1.165) is 19.0 Å². The second kappa shape index (κ2) is 13.0. The fourth-order valence-corrected chi connectivity index (χ4v) is 2.60. The van der Waals surface area contributed by atoms with Crippen LogP contribution in [0.5, 0.6) is 0 Å². The van der Waals surface area contributed by atoms with Crippen molar-refractivity contribution in [1.82, 2.24) is 20.4 Å². The molecule has 7 heteroatoms. The van der Waals surface area contributed by atoms with Crippen molar-refractivity contribution in [2.24, 2.45) is 4.99 Å². The summed E-state index contributed by atoms with van der Waals surface area (Å²) in [5.41, 5.74) is 1.06. The lowest BCUT2D eigenvalue weighted by Crippen LogP contribution is -2.49. The molecule has 0 heterocycles. The average Bonchev–Trinajstić information content (AvgIpc) is 2.57. The number of benzene rings is 1. The maximum Gasteiger partial charge on any atom is 0.240 e. The van der Waals surface area contributed by atoms with Crippen LogP contribution >= 0.6 is 24.0 Å². The molecule has 1 aromatic carbocycles. The molecule has 0 bridgehead atoms. The maximum absolute atomic E-state index is 12.2. The van der Waals surface area contributed by atoms with Crippen LogP contribution in [0.1, 0.15) is 40.2 Å². The Hall–Kier alpha value is -1.35. The minimum Gasteiger partial charge on any atom is -0.357 e. The summed E-state index contributed by atoms with van der Waals surface area (Å²) < 4.78 is 0. The van der Waals surface area contributed by atoms with Gasteiger partial charge >= 0.3 is 0 Å². The minimum absolute atomic E-state index is 0. The van der Waals surface area contributed by atoms with Crippen LogP contribution in [-0.2, 0) is 11.3 Å². The van der Waals surface area contributed by atoms with E-state index in [0.29, 0.717) is 6.54 Å². The fraction of sp³-hybridized carbons (Fsp3) is 0.619. The number of likely N-dealkylation sites (N-methyl/N-ethyl adjacent to an activating group) is 2. The van der Waals surface area contributed by atoms with Gasteiger partial charge in [0, 0.05) is 31.7 Å². The van der Waals surface area contributed by atoms with Crippen molar-refractivity contribution in [3.8, 4) is 0 Å². The van der Waals surface area contributed by atoms with Gasteiger partial charge in [0.05, 0.1) is 13.1 Å². The van der Waals surface area contributed by atoms with Gasteiger partial charge in [-0.3, -0.25) is 14.7 Å². The van der Waals surface area contributed by atoms with E-state index in [1.807, 2.05) is 45.7 Å². The Labute approximate surface area is 188 Å². The minimum atomic E-state index is -0.234. The molecule has 28 heavy (non-hydrogen) atoms. The number of rotatable bonds is 8. The standard InChI is InChI=1S/C21H37N5O.HI/c1-8-22-20(26(7)16-19(27)24-21(3,4)5)23-14-17(2)25(6)15-18-12-10-9-11-13-18;/h9-13,17H,8,14-16H2,1-7H3,(H,22,23)(H,24,27);1H. The molecule has 0 fully saturated rings. The summed E-state index contributed by atoms with van der Waals surface area (Å²) in [6.07, 6.45) is 0. The van der Waals surface area contributed by atoms with Crippen molar-refractivity contribution < 1.29 is 4.79 Å². The molecule has 1 amide bonds. The Morgan fingerprint density at radius 1 is 1.18 bits per heavy atom. The van der Waals surface area contributed by atoms with Crippen LogP contribution < -0.4 is 10.6 Å². The van der Waals surface area contributed by atoms with Crippen molar-refractivity contribution in [2.45, 2.75) is 52.7 Å². The van der Waals surface area contributed by atoms with Gasteiger partial charge in [-0.25, -0.2) is 0 Å². The summed E-state index contributed by atoms with van der Waals surface area (Å²) in [5.74, 6) is 0.742. The molecule has 6 nitrogen and oxygen atoms in total. The zero-order valence-corrected chi connectivity index (χ0v) is 20.8. The highest BCUT2D eigenvalue weighted by atomic mass is 127. The van der Waals surface area contributed by atoms with Gasteiger partial charge in [0.15, 0.2) is 5.96 Å². The molecule has 0 spiro atoms. The molecule has 0 radical (unpaired) electrons. The normalized spacial score (nSPS) is 12.9. The number of nitrogens with one attached hydrogen (secondary N) is 2. The first-order valence-electron chi connectivity index (χ1n) is 9.67. The van der Waals surface area contributed by atoms with E-state index in [-0.39, 0.29) is 48.0 Å². The van der Waals surface area contributed by atoms with Crippen LogP contribution in [0.15, 0.2) is 35.3 Å². The highest BCUT2D eigenvalue weighted by Crippen LogP contribution is 2.06. The Morgan fingerprint density at radius 3 is 2.32 bits per heavy atom. The monoisotopic (exact) mass is 503 g/mol. The summed E-state index contributed by atoms with van der Waals surface area (Å²) in [6, 6.07) is 10.7. The molecule has 2 N–H and O–H groups in total. The topological polar surface area (TPSA) is 60.0 Å². The zero-order chi connectivity index (χ0) is 20.4. The number of halogens is 1. The molecule has 0 aliphatic rings. The first-order chi connectivity index (χ1) is 12.6. The van der Waals surface area contributed by atoms with Gasteiger partial charge in [0.2, 0.25) is 5.91 Å². The number of nitrogens with zero attached hydrogens (tertiary/aromatic N) is 3. The maximum atomic E-state index is 12.2. The number of hydrogen-bond acceptors (Lipinski definition) is 3. The predicted octanol–water partition coefficient (Wildman–Crippen LogP) is 2.94. The van der Waals surface area contributed by atoms with Gasteiger partial charge < -0.3 is 15.5 Å². The molecule has 160 valence electrons. The highest BCUT2D eigenvalue weighted by Gasteiger charge is 2.17. The Balaban J connectivity index is 0.00000729. The molecular weight excluding hydrogens is 465 g/mol. The first kappa shape index (κ1) is 26.6. The van der Waals surface area contributed by atoms with E-state index in [1.54, 1.807) is 0 Å². The van der Waals surface area contributed by atoms with Crippen LogP contribution in [-0.4, -0.2) is 67.0 Å². The molecule has 1 rings (SSSR count). The summed E-state index contributed by atoms with van der Waals surface area (Å²) in [6.45, 7) is 12.7. The molecule has 0 saturated carbocycles. The summed E-state index contributed by atoms with van der Waals surface area (Å²) >= 11 is 0. The van der Waals surface area contributed by atoms with Gasteiger partial charge in [-0.1, -0.05) is 30.3 Å². The van der Waals surface area contributed by atoms with Crippen LogP contribution in [0, 0.1) is 0 Å². The number of amides is 1. The van der Waals surface area contributed by atoms with E-state index < -0.39 is 0 Å².